The number of carboxylic acids is 1. The number of carbonyl (C=O) groups is 3. The zero-order chi connectivity index (χ0) is 9.56. The first-order valence-electron chi connectivity index (χ1n) is 3.20. The number of Topliss-reactive ketones (excluding diaryl/α,β-unsaturated/α-hetero) is 1. The molecule has 0 bridgehead atoms. The summed E-state index contributed by atoms with van der Waals surface area (Å²) in [5.74, 6) is -1.98. The maximum atomic E-state index is 10.6. The Balaban J connectivity index is 3.75. The summed E-state index contributed by atoms with van der Waals surface area (Å²) in [5, 5.41) is 10.3. The Morgan fingerprint density at radius 2 is 1.92 bits per heavy atom. The third-order valence-corrected chi connectivity index (χ3v) is 0.889. The molecule has 0 heterocycles. The third kappa shape index (κ3) is 6.47. The molecule has 0 radical (unpaired) electrons. The molecule has 0 fully saturated rings. The molecule has 2 N–H and O–H groups in total. The molecule has 0 rings (SSSR count). The molecule has 0 atom stereocenters. The monoisotopic (exact) mass is 171 g/mol. The Labute approximate surface area is 69.1 Å². The van der Waals surface area contributed by atoms with E-state index in [2.05, 4.69) is 5.32 Å². The Hall–Kier alpha value is -1.65. The van der Waals surface area contributed by atoms with Gasteiger partial charge in [0.1, 0.15) is 5.78 Å². The number of rotatable bonds is 4. The van der Waals surface area contributed by atoms with Crippen LogP contribution in [-0.2, 0) is 14.4 Å². The number of ketones is 1. The average molecular weight is 171 g/mol. The van der Waals surface area contributed by atoms with E-state index < -0.39 is 11.9 Å². The molecule has 0 aromatic heterocycles. The minimum absolute atomic E-state index is 0.0806. The molecule has 0 saturated heterocycles. The number of carboxylic acid groups (broad SMARTS) is 1. The van der Waals surface area contributed by atoms with Crippen molar-refractivity contribution in [2.24, 2.45) is 0 Å². The largest absolute Gasteiger partial charge is 0.478 e. The van der Waals surface area contributed by atoms with E-state index in [1.807, 2.05) is 0 Å². The summed E-state index contributed by atoms with van der Waals surface area (Å²) in [4.78, 5) is 30.9. The van der Waals surface area contributed by atoms with Crippen LogP contribution in [0.1, 0.15) is 6.92 Å². The predicted octanol–water partition coefficient (Wildman–Crippen LogP) is -0.668. The van der Waals surface area contributed by atoms with Crippen LogP contribution < -0.4 is 5.32 Å². The molecule has 66 valence electrons. The first-order valence-corrected chi connectivity index (χ1v) is 3.20. The van der Waals surface area contributed by atoms with Crippen LogP contribution in [0.2, 0.25) is 0 Å². The lowest BCUT2D eigenvalue weighted by molar-refractivity contribution is -0.131. The maximum absolute atomic E-state index is 10.6. The fourth-order valence-corrected chi connectivity index (χ4v) is 0.417. The van der Waals surface area contributed by atoms with Crippen LogP contribution in [0.5, 0.6) is 0 Å². The number of hydrogen-bond donors (Lipinski definition) is 2. The normalized spacial score (nSPS) is 9.75. The van der Waals surface area contributed by atoms with Gasteiger partial charge in [-0.15, -0.1) is 0 Å². The molecule has 1 amide bonds. The van der Waals surface area contributed by atoms with E-state index in [0.29, 0.717) is 6.08 Å². The molecule has 5 nitrogen and oxygen atoms in total. The SMILES string of the molecule is CC(=O)CNC(=O)/C=C/C(=O)O. The molecular weight excluding hydrogens is 162 g/mol. The van der Waals surface area contributed by atoms with Crippen LogP contribution in [0.15, 0.2) is 12.2 Å². The van der Waals surface area contributed by atoms with E-state index in [4.69, 9.17) is 5.11 Å². The van der Waals surface area contributed by atoms with Crippen molar-refractivity contribution in [3.8, 4) is 0 Å². The van der Waals surface area contributed by atoms with Gasteiger partial charge in [-0.3, -0.25) is 9.59 Å². The Morgan fingerprint density at radius 3 is 2.33 bits per heavy atom. The highest BCUT2D eigenvalue weighted by molar-refractivity contribution is 5.95. The maximum Gasteiger partial charge on any atom is 0.328 e. The lowest BCUT2D eigenvalue weighted by Crippen LogP contribution is -2.26. The highest BCUT2D eigenvalue weighted by atomic mass is 16.4. The summed E-state index contributed by atoms with van der Waals surface area (Å²) in [6.07, 6.45) is 1.56. The fraction of sp³-hybridized carbons (Fsp3) is 0.286. The lowest BCUT2D eigenvalue weighted by Gasteiger charge is -1.95. The molecular formula is C7H9NO4. The number of amides is 1. The van der Waals surface area contributed by atoms with Gasteiger partial charge in [-0.05, 0) is 6.92 Å². The van der Waals surface area contributed by atoms with Crippen molar-refractivity contribution in [1.29, 1.82) is 0 Å². The molecule has 0 aliphatic carbocycles. The van der Waals surface area contributed by atoms with Crippen molar-refractivity contribution in [3.05, 3.63) is 12.2 Å². The van der Waals surface area contributed by atoms with Crippen molar-refractivity contribution in [3.63, 3.8) is 0 Å². The van der Waals surface area contributed by atoms with Crippen molar-refractivity contribution < 1.29 is 19.5 Å². The van der Waals surface area contributed by atoms with Gasteiger partial charge in [-0.1, -0.05) is 0 Å². The van der Waals surface area contributed by atoms with Crippen LogP contribution in [0.25, 0.3) is 0 Å². The van der Waals surface area contributed by atoms with E-state index in [1.165, 1.54) is 6.92 Å². The molecule has 5 heteroatoms. The van der Waals surface area contributed by atoms with E-state index in [9.17, 15) is 14.4 Å². The van der Waals surface area contributed by atoms with Crippen molar-refractivity contribution in [1.82, 2.24) is 5.32 Å². The van der Waals surface area contributed by atoms with E-state index in [0.717, 1.165) is 6.08 Å². The van der Waals surface area contributed by atoms with Gasteiger partial charge in [0.25, 0.3) is 0 Å². The minimum atomic E-state index is -1.20. The molecule has 0 aromatic carbocycles. The minimum Gasteiger partial charge on any atom is -0.478 e. The number of hydrogen-bond acceptors (Lipinski definition) is 3. The van der Waals surface area contributed by atoms with E-state index in [-0.39, 0.29) is 12.3 Å². The Kier molecular flexibility index (Phi) is 4.36. The summed E-state index contributed by atoms with van der Waals surface area (Å²) >= 11 is 0. The molecule has 0 saturated carbocycles. The standard InChI is InChI=1S/C7H9NO4/c1-5(9)4-8-6(10)2-3-7(11)12/h2-3H,4H2,1H3,(H,8,10)(H,11,12)/b3-2+. The van der Waals surface area contributed by atoms with E-state index >= 15 is 0 Å². The lowest BCUT2D eigenvalue weighted by atomic mass is 10.4. The van der Waals surface area contributed by atoms with Gasteiger partial charge in [0.15, 0.2) is 0 Å². The molecule has 0 spiro atoms. The summed E-state index contributed by atoms with van der Waals surface area (Å²) < 4.78 is 0. The van der Waals surface area contributed by atoms with Crippen LogP contribution in [0.3, 0.4) is 0 Å². The first kappa shape index (κ1) is 10.3. The quantitative estimate of drug-likeness (QED) is 0.549. The van der Waals surface area contributed by atoms with Crippen LogP contribution in [0.4, 0.5) is 0 Å². The highest BCUT2D eigenvalue weighted by Gasteiger charge is 1.97. The second kappa shape index (κ2) is 5.06. The Morgan fingerprint density at radius 1 is 1.33 bits per heavy atom. The van der Waals surface area contributed by atoms with Crippen molar-refractivity contribution in [2.75, 3.05) is 6.54 Å². The van der Waals surface area contributed by atoms with Gasteiger partial charge in [0.2, 0.25) is 5.91 Å². The average Bonchev–Trinajstić information content (AvgIpc) is 1.96. The zero-order valence-electron chi connectivity index (χ0n) is 6.53. The number of nitrogens with one attached hydrogen (secondary N) is 1. The molecule has 0 aromatic rings. The highest BCUT2D eigenvalue weighted by Crippen LogP contribution is 1.74. The van der Waals surface area contributed by atoms with Crippen LogP contribution in [-0.4, -0.2) is 29.3 Å². The summed E-state index contributed by atoms with van der Waals surface area (Å²) in [7, 11) is 0. The Bertz CT molecular complexity index is 232. The van der Waals surface area contributed by atoms with Crippen molar-refractivity contribution in [2.45, 2.75) is 6.92 Å². The smallest absolute Gasteiger partial charge is 0.328 e. The van der Waals surface area contributed by atoms with Crippen LogP contribution >= 0.6 is 0 Å². The van der Waals surface area contributed by atoms with Gasteiger partial charge in [-0.25, -0.2) is 4.79 Å². The number of carbonyl (C=O) groups excluding carboxylic acids is 2. The second-order valence-electron chi connectivity index (χ2n) is 2.09. The summed E-state index contributed by atoms with van der Waals surface area (Å²) in [5.41, 5.74) is 0. The molecule has 0 unspecified atom stereocenters. The summed E-state index contributed by atoms with van der Waals surface area (Å²) in [6.45, 7) is 1.24. The first-order chi connectivity index (χ1) is 5.52. The predicted molar refractivity (Wildman–Crippen MR) is 40.5 cm³/mol. The molecule has 0 aliphatic rings. The van der Waals surface area contributed by atoms with Gasteiger partial charge >= 0.3 is 5.97 Å². The van der Waals surface area contributed by atoms with Gasteiger partial charge < -0.3 is 10.4 Å². The topological polar surface area (TPSA) is 83.5 Å². The van der Waals surface area contributed by atoms with Crippen molar-refractivity contribution >= 4 is 17.7 Å². The van der Waals surface area contributed by atoms with Crippen LogP contribution in [0, 0.1) is 0 Å². The fourth-order valence-electron chi connectivity index (χ4n) is 0.417. The van der Waals surface area contributed by atoms with E-state index in [1.54, 1.807) is 0 Å². The van der Waals surface area contributed by atoms with Gasteiger partial charge in [0, 0.05) is 12.2 Å². The third-order valence-electron chi connectivity index (χ3n) is 0.889. The second-order valence-corrected chi connectivity index (χ2v) is 2.09. The number of aliphatic carboxylic acids is 1. The molecule has 12 heavy (non-hydrogen) atoms. The summed E-state index contributed by atoms with van der Waals surface area (Å²) in [6, 6.07) is 0. The molecule has 0 aliphatic heterocycles. The van der Waals surface area contributed by atoms with Gasteiger partial charge in [0.05, 0.1) is 6.54 Å². The zero-order valence-corrected chi connectivity index (χ0v) is 6.53. The van der Waals surface area contributed by atoms with Gasteiger partial charge in [-0.2, -0.15) is 0 Å².